The lowest BCUT2D eigenvalue weighted by atomic mass is 9.85. The second-order valence-electron chi connectivity index (χ2n) is 6.98. The van der Waals surface area contributed by atoms with Gasteiger partial charge in [-0.3, -0.25) is 9.36 Å². The van der Waals surface area contributed by atoms with Gasteiger partial charge in [0.25, 0.3) is 0 Å². The highest BCUT2D eigenvalue weighted by molar-refractivity contribution is 6.33. The van der Waals surface area contributed by atoms with Crippen LogP contribution in [0.5, 0.6) is 0 Å². The Morgan fingerprint density at radius 1 is 0.963 bits per heavy atom. The van der Waals surface area contributed by atoms with Gasteiger partial charge in [-0.25, -0.2) is 4.98 Å². The first-order valence-electron chi connectivity index (χ1n) is 9.28. The van der Waals surface area contributed by atoms with E-state index in [9.17, 15) is 4.79 Å². The first-order valence-corrected chi connectivity index (χ1v) is 10.0. The molecule has 2 aromatic carbocycles. The lowest BCUT2D eigenvalue weighted by Crippen LogP contribution is -2.18. The number of Topliss-reactive ketones (excluding diaryl/α,β-unsaturated/α-hetero) is 1. The molecule has 4 rings (SSSR count). The fourth-order valence-corrected chi connectivity index (χ4v) is 4.05. The van der Waals surface area contributed by atoms with Gasteiger partial charge >= 0.3 is 0 Å². The Bertz CT molecular complexity index is 957. The van der Waals surface area contributed by atoms with E-state index in [2.05, 4.69) is 0 Å². The van der Waals surface area contributed by atoms with Gasteiger partial charge in [-0.2, -0.15) is 0 Å². The molecule has 3 aromatic rings. The molecule has 0 spiro atoms. The largest absolute Gasteiger partial charge is 0.299 e. The van der Waals surface area contributed by atoms with Crippen molar-refractivity contribution in [3.63, 3.8) is 0 Å². The SMILES string of the molecule is O=C(c1cn(-c2ccc(Cl)cc2)c(-c2ccccc2Cl)n1)C1CCCCC1. The normalized spacial score (nSPS) is 15.0. The van der Waals surface area contributed by atoms with Crippen LogP contribution in [0.3, 0.4) is 0 Å². The number of halogens is 2. The first-order chi connectivity index (χ1) is 13.1. The van der Waals surface area contributed by atoms with Crippen LogP contribution in [-0.2, 0) is 0 Å². The molecule has 0 unspecified atom stereocenters. The van der Waals surface area contributed by atoms with Gasteiger partial charge in [-0.15, -0.1) is 0 Å². The van der Waals surface area contributed by atoms with E-state index in [0.29, 0.717) is 21.6 Å². The summed E-state index contributed by atoms with van der Waals surface area (Å²) < 4.78 is 1.92. The average Bonchev–Trinajstić information content (AvgIpc) is 3.14. The third-order valence-electron chi connectivity index (χ3n) is 5.15. The molecule has 0 N–H and O–H groups in total. The van der Waals surface area contributed by atoms with Crippen LogP contribution in [0.1, 0.15) is 42.6 Å². The lowest BCUT2D eigenvalue weighted by molar-refractivity contribution is 0.0885. The van der Waals surface area contributed by atoms with Crippen molar-refractivity contribution >= 4 is 29.0 Å². The second-order valence-corrected chi connectivity index (χ2v) is 7.82. The zero-order chi connectivity index (χ0) is 18.8. The summed E-state index contributed by atoms with van der Waals surface area (Å²) in [5.41, 5.74) is 2.20. The Labute approximate surface area is 169 Å². The van der Waals surface area contributed by atoms with Crippen LogP contribution >= 0.6 is 23.2 Å². The Balaban J connectivity index is 1.80. The number of aromatic nitrogens is 2. The van der Waals surface area contributed by atoms with E-state index in [1.807, 2.05) is 59.3 Å². The van der Waals surface area contributed by atoms with Crippen molar-refractivity contribution < 1.29 is 4.79 Å². The number of carbonyl (C=O) groups excluding carboxylic acids is 1. The molecule has 5 heteroatoms. The number of nitrogens with zero attached hydrogens (tertiary/aromatic N) is 2. The smallest absolute Gasteiger partial charge is 0.185 e. The van der Waals surface area contributed by atoms with Gasteiger partial charge in [0.05, 0.1) is 5.02 Å². The maximum Gasteiger partial charge on any atom is 0.185 e. The van der Waals surface area contributed by atoms with Crippen molar-refractivity contribution in [2.75, 3.05) is 0 Å². The van der Waals surface area contributed by atoms with Crippen LogP contribution < -0.4 is 0 Å². The molecule has 1 aromatic heterocycles. The molecule has 1 heterocycles. The second kappa shape index (κ2) is 7.87. The Morgan fingerprint density at radius 2 is 1.67 bits per heavy atom. The van der Waals surface area contributed by atoms with Gasteiger partial charge in [0.15, 0.2) is 5.78 Å². The maximum absolute atomic E-state index is 13.0. The Morgan fingerprint density at radius 3 is 2.37 bits per heavy atom. The minimum absolute atomic E-state index is 0.0754. The summed E-state index contributed by atoms with van der Waals surface area (Å²) in [6.45, 7) is 0. The molecule has 138 valence electrons. The summed E-state index contributed by atoms with van der Waals surface area (Å²) in [4.78, 5) is 17.7. The highest BCUT2D eigenvalue weighted by Gasteiger charge is 2.26. The lowest BCUT2D eigenvalue weighted by Gasteiger charge is -2.19. The molecule has 0 amide bonds. The zero-order valence-electron chi connectivity index (χ0n) is 14.9. The van der Waals surface area contributed by atoms with Gasteiger partial charge in [0.1, 0.15) is 11.5 Å². The van der Waals surface area contributed by atoms with Crippen LogP contribution in [-0.4, -0.2) is 15.3 Å². The number of imidazole rings is 1. The molecule has 0 saturated heterocycles. The van der Waals surface area contributed by atoms with Crippen LogP contribution in [0.2, 0.25) is 10.0 Å². The molecule has 1 fully saturated rings. The van der Waals surface area contributed by atoms with Crippen molar-refractivity contribution in [1.82, 2.24) is 9.55 Å². The topological polar surface area (TPSA) is 34.9 Å². The fraction of sp³-hybridized carbons (Fsp3) is 0.273. The van der Waals surface area contributed by atoms with E-state index in [4.69, 9.17) is 28.2 Å². The first kappa shape index (κ1) is 18.3. The van der Waals surface area contributed by atoms with Gasteiger partial charge < -0.3 is 0 Å². The van der Waals surface area contributed by atoms with Gasteiger partial charge in [-0.05, 0) is 49.2 Å². The maximum atomic E-state index is 13.0. The van der Waals surface area contributed by atoms with Crippen molar-refractivity contribution in [3.05, 3.63) is 70.5 Å². The van der Waals surface area contributed by atoms with Crippen LogP contribution in [0.15, 0.2) is 54.7 Å². The summed E-state index contributed by atoms with van der Waals surface area (Å²) in [6, 6.07) is 15.1. The van der Waals surface area contributed by atoms with E-state index in [-0.39, 0.29) is 11.7 Å². The number of benzene rings is 2. The number of hydrogen-bond acceptors (Lipinski definition) is 2. The number of rotatable bonds is 4. The molecule has 3 nitrogen and oxygen atoms in total. The van der Waals surface area contributed by atoms with Crippen molar-refractivity contribution in [1.29, 1.82) is 0 Å². The van der Waals surface area contributed by atoms with E-state index in [1.54, 1.807) is 0 Å². The number of ketones is 1. The quantitative estimate of drug-likeness (QED) is 0.463. The van der Waals surface area contributed by atoms with Gasteiger partial charge in [0.2, 0.25) is 0 Å². The highest BCUT2D eigenvalue weighted by Crippen LogP contribution is 2.32. The highest BCUT2D eigenvalue weighted by atomic mass is 35.5. The summed E-state index contributed by atoms with van der Waals surface area (Å²) in [5.74, 6) is 0.879. The molecule has 0 aliphatic heterocycles. The van der Waals surface area contributed by atoms with Crippen LogP contribution in [0.25, 0.3) is 17.1 Å². The minimum Gasteiger partial charge on any atom is -0.299 e. The summed E-state index contributed by atoms with van der Waals surface area (Å²) in [7, 11) is 0. The average molecular weight is 399 g/mol. The molecular formula is C22H20Cl2N2O. The molecule has 1 aliphatic carbocycles. The number of hydrogen-bond donors (Lipinski definition) is 0. The Kier molecular flexibility index (Phi) is 5.33. The predicted molar refractivity (Wildman–Crippen MR) is 110 cm³/mol. The van der Waals surface area contributed by atoms with Crippen molar-refractivity contribution in [2.45, 2.75) is 32.1 Å². The third-order valence-corrected chi connectivity index (χ3v) is 5.74. The summed E-state index contributed by atoms with van der Waals surface area (Å²) in [5, 5.41) is 1.27. The van der Waals surface area contributed by atoms with Crippen LogP contribution in [0, 0.1) is 5.92 Å². The molecule has 0 bridgehead atoms. The monoisotopic (exact) mass is 398 g/mol. The molecular weight excluding hydrogens is 379 g/mol. The Hall–Kier alpha value is -2.10. The molecule has 0 atom stereocenters. The molecule has 27 heavy (non-hydrogen) atoms. The van der Waals surface area contributed by atoms with Gasteiger partial charge in [0, 0.05) is 28.4 Å². The predicted octanol–water partition coefficient (Wildman–Crippen LogP) is 6.61. The molecule has 1 saturated carbocycles. The van der Waals surface area contributed by atoms with E-state index in [0.717, 1.165) is 36.9 Å². The number of carbonyl (C=O) groups is 1. The van der Waals surface area contributed by atoms with E-state index >= 15 is 0 Å². The van der Waals surface area contributed by atoms with Gasteiger partial charge in [-0.1, -0.05) is 54.6 Å². The minimum atomic E-state index is 0.0754. The third kappa shape index (κ3) is 3.80. The standard InChI is InChI=1S/C22H20Cl2N2O/c23-16-10-12-17(13-11-16)26-14-20(21(27)15-6-2-1-3-7-15)25-22(26)18-8-4-5-9-19(18)24/h4-5,8-15H,1-3,6-7H2. The molecule has 0 radical (unpaired) electrons. The fourth-order valence-electron chi connectivity index (χ4n) is 3.70. The van der Waals surface area contributed by atoms with Crippen LogP contribution in [0.4, 0.5) is 0 Å². The van der Waals surface area contributed by atoms with Crippen molar-refractivity contribution in [3.8, 4) is 17.1 Å². The summed E-state index contributed by atoms with van der Waals surface area (Å²) >= 11 is 12.5. The van der Waals surface area contributed by atoms with E-state index in [1.165, 1.54) is 6.42 Å². The van der Waals surface area contributed by atoms with E-state index < -0.39 is 0 Å². The molecule has 1 aliphatic rings. The zero-order valence-corrected chi connectivity index (χ0v) is 16.4. The van der Waals surface area contributed by atoms with Crippen molar-refractivity contribution in [2.24, 2.45) is 5.92 Å². The summed E-state index contributed by atoms with van der Waals surface area (Å²) in [6.07, 6.45) is 7.19.